The summed E-state index contributed by atoms with van der Waals surface area (Å²) in [6.45, 7) is 6.37. The first-order valence-corrected chi connectivity index (χ1v) is 9.06. The summed E-state index contributed by atoms with van der Waals surface area (Å²) in [4.78, 5) is 12.2. The Kier molecular flexibility index (Phi) is 4.65. The minimum atomic E-state index is -3.48. The Labute approximate surface area is 131 Å². The summed E-state index contributed by atoms with van der Waals surface area (Å²) in [7, 11) is -3.48. The predicted octanol–water partition coefficient (Wildman–Crippen LogP) is 1.29. The number of carbonyl (C=O) groups is 1. The lowest BCUT2D eigenvalue weighted by molar-refractivity contribution is -0.127. The Morgan fingerprint density at radius 3 is 2.73 bits per heavy atom. The molecular formula is C15H22N2O4S. The highest BCUT2D eigenvalue weighted by molar-refractivity contribution is 7.92. The van der Waals surface area contributed by atoms with Crippen LogP contribution in [0.1, 0.15) is 19.4 Å². The lowest BCUT2D eigenvalue weighted by Gasteiger charge is -2.34. The number of fused-ring (bicyclic) bond motifs is 1. The zero-order valence-corrected chi connectivity index (χ0v) is 14.1. The second-order valence-corrected chi connectivity index (χ2v) is 7.92. The molecule has 1 aromatic carbocycles. The number of ether oxygens (including phenoxy) is 1. The van der Waals surface area contributed by atoms with Crippen LogP contribution in [-0.4, -0.2) is 39.8 Å². The maximum Gasteiger partial charge on any atom is 0.263 e. The van der Waals surface area contributed by atoms with Gasteiger partial charge in [0.05, 0.1) is 18.5 Å². The van der Waals surface area contributed by atoms with Gasteiger partial charge in [-0.1, -0.05) is 19.9 Å². The molecule has 1 aliphatic rings. The van der Waals surface area contributed by atoms with Gasteiger partial charge in [0.15, 0.2) is 6.10 Å². The van der Waals surface area contributed by atoms with Gasteiger partial charge in [-0.25, -0.2) is 8.42 Å². The molecular weight excluding hydrogens is 304 g/mol. The lowest BCUT2D eigenvalue weighted by atomic mass is 10.1. The molecule has 1 atom stereocenters. The number of aryl methyl sites for hydroxylation is 1. The molecule has 2 rings (SSSR count). The van der Waals surface area contributed by atoms with Gasteiger partial charge in [0.25, 0.3) is 5.91 Å². The summed E-state index contributed by atoms with van der Waals surface area (Å²) in [6.07, 6.45) is 0.289. The topological polar surface area (TPSA) is 75.7 Å². The number of anilines is 1. The molecule has 0 saturated carbocycles. The molecule has 0 spiro atoms. The SMILES string of the molecule is Cc1ccc2c(c1)N(S(C)(=O)=O)CC(C(=O)NCC(C)C)O2. The molecule has 0 bridgehead atoms. The van der Waals surface area contributed by atoms with Crippen molar-refractivity contribution in [2.45, 2.75) is 26.9 Å². The summed E-state index contributed by atoms with van der Waals surface area (Å²) in [5.74, 6) is 0.425. The molecule has 1 aromatic rings. The molecule has 1 N–H and O–H groups in total. The van der Waals surface area contributed by atoms with Crippen LogP contribution in [0, 0.1) is 12.8 Å². The smallest absolute Gasteiger partial charge is 0.263 e. The number of nitrogens with one attached hydrogen (secondary N) is 1. The Bertz CT molecular complexity index is 670. The van der Waals surface area contributed by atoms with Crippen LogP contribution in [0.4, 0.5) is 5.69 Å². The molecule has 7 heteroatoms. The molecule has 122 valence electrons. The van der Waals surface area contributed by atoms with Crippen LogP contribution in [0.25, 0.3) is 0 Å². The fourth-order valence-electron chi connectivity index (χ4n) is 2.23. The van der Waals surface area contributed by atoms with E-state index < -0.39 is 16.1 Å². The molecule has 22 heavy (non-hydrogen) atoms. The summed E-state index contributed by atoms with van der Waals surface area (Å²) >= 11 is 0. The Morgan fingerprint density at radius 2 is 2.14 bits per heavy atom. The average Bonchev–Trinajstić information content (AvgIpc) is 2.42. The van der Waals surface area contributed by atoms with E-state index in [0.717, 1.165) is 11.8 Å². The lowest BCUT2D eigenvalue weighted by Crippen LogP contribution is -2.51. The largest absolute Gasteiger partial charge is 0.476 e. The van der Waals surface area contributed by atoms with Crippen LogP contribution in [0.3, 0.4) is 0 Å². The maximum absolute atomic E-state index is 12.2. The Balaban J connectivity index is 2.29. The number of carbonyl (C=O) groups excluding carboxylic acids is 1. The van der Waals surface area contributed by atoms with Gasteiger partial charge in [0.1, 0.15) is 5.75 Å². The molecule has 0 radical (unpaired) electrons. The minimum Gasteiger partial charge on any atom is -0.476 e. The van der Waals surface area contributed by atoms with Gasteiger partial charge in [-0.2, -0.15) is 0 Å². The molecule has 1 aliphatic heterocycles. The number of hydrogen-bond donors (Lipinski definition) is 1. The highest BCUT2D eigenvalue weighted by Crippen LogP contribution is 2.35. The Morgan fingerprint density at radius 1 is 1.45 bits per heavy atom. The van der Waals surface area contributed by atoms with Crippen LogP contribution >= 0.6 is 0 Å². The van der Waals surface area contributed by atoms with Gasteiger partial charge in [0.2, 0.25) is 10.0 Å². The number of amides is 1. The summed E-state index contributed by atoms with van der Waals surface area (Å²) in [5, 5.41) is 2.78. The third-order valence-electron chi connectivity index (χ3n) is 3.36. The van der Waals surface area contributed by atoms with E-state index in [1.54, 1.807) is 12.1 Å². The quantitative estimate of drug-likeness (QED) is 0.905. The molecule has 0 aliphatic carbocycles. The summed E-state index contributed by atoms with van der Waals surface area (Å²) in [6, 6.07) is 5.27. The van der Waals surface area contributed by atoms with Crippen molar-refractivity contribution in [2.75, 3.05) is 23.7 Å². The van der Waals surface area contributed by atoms with E-state index in [4.69, 9.17) is 4.74 Å². The van der Waals surface area contributed by atoms with Crippen LogP contribution in [0.5, 0.6) is 5.75 Å². The van der Waals surface area contributed by atoms with Crippen molar-refractivity contribution < 1.29 is 17.9 Å². The van der Waals surface area contributed by atoms with E-state index in [2.05, 4.69) is 5.32 Å². The van der Waals surface area contributed by atoms with E-state index in [0.29, 0.717) is 23.9 Å². The molecule has 6 nitrogen and oxygen atoms in total. The Hall–Kier alpha value is -1.76. The normalized spacial score (nSPS) is 17.9. The number of sulfonamides is 1. The third-order valence-corrected chi connectivity index (χ3v) is 4.51. The summed E-state index contributed by atoms with van der Waals surface area (Å²) < 4.78 is 31.0. The molecule has 0 fully saturated rings. The van der Waals surface area contributed by atoms with Crippen molar-refractivity contribution in [3.63, 3.8) is 0 Å². The van der Waals surface area contributed by atoms with Gasteiger partial charge in [0, 0.05) is 6.54 Å². The molecule has 1 heterocycles. The van der Waals surface area contributed by atoms with Crippen molar-refractivity contribution in [1.29, 1.82) is 0 Å². The summed E-state index contributed by atoms with van der Waals surface area (Å²) in [5.41, 5.74) is 1.41. The molecule has 0 saturated heterocycles. The second kappa shape index (κ2) is 6.16. The van der Waals surface area contributed by atoms with E-state index in [1.165, 1.54) is 4.31 Å². The van der Waals surface area contributed by atoms with Crippen LogP contribution in [0.2, 0.25) is 0 Å². The number of benzene rings is 1. The fraction of sp³-hybridized carbons (Fsp3) is 0.533. The minimum absolute atomic E-state index is 0.0147. The van der Waals surface area contributed by atoms with Crippen molar-refractivity contribution in [2.24, 2.45) is 5.92 Å². The highest BCUT2D eigenvalue weighted by Gasteiger charge is 2.34. The van der Waals surface area contributed by atoms with Crippen molar-refractivity contribution in [1.82, 2.24) is 5.32 Å². The van der Waals surface area contributed by atoms with Gasteiger partial charge in [-0.05, 0) is 30.5 Å². The first-order valence-electron chi connectivity index (χ1n) is 7.21. The second-order valence-electron chi connectivity index (χ2n) is 6.01. The van der Waals surface area contributed by atoms with Crippen LogP contribution in [0.15, 0.2) is 18.2 Å². The number of nitrogens with zero attached hydrogens (tertiary/aromatic N) is 1. The third kappa shape index (κ3) is 3.71. The van der Waals surface area contributed by atoms with Crippen molar-refractivity contribution in [3.8, 4) is 5.75 Å². The fourth-order valence-corrected chi connectivity index (χ4v) is 3.14. The number of hydrogen-bond acceptors (Lipinski definition) is 4. The zero-order chi connectivity index (χ0) is 16.5. The van der Waals surface area contributed by atoms with Gasteiger partial charge < -0.3 is 10.1 Å². The molecule has 0 aromatic heterocycles. The predicted molar refractivity (Wildman–Crippen MR) is 85.6 cm³/mol. The van der Waals surface area contributed by atoms with Crippen molar-refractivity contribution >= 4 is 21.6 Å². The number of rotatable bonds is 4. The monoisotopic (exact) mass is 326 g/mol. The van der Waals surface area contributed by atoms with Crippen molar-refractivity contribution in [3.05, 3.63) is 23.8 Å². The first kappa shape index (κ1) is 16.6. The average molecular weight is 326 g/mol. The van der Waals surface area contributed by atoms with Gasteiger partial charge in [-0.3, -0.25) is 9.10 Å². The molecule has 1 unspecified atom stereocenters. The first-order chi connectivity index (χ1) is 10.2. The van der Waals surface area contributed by atoms with E-state index in [-0.39, 0.29) is 12.5 Å². The van der Waals surface area contributed by atoms with E-state index >= 15 is 0 Å². The van der Waals surface area contributed by atoms with E-state index in [1.807, 2.05) is 26.8 Å². The van der Waals surface area contributed by atoms with E-state index in [9.17, 15) is 13.2 Å². The molecule has 1 amide bonds. The maximum atomic E-state index is 12.2. The highest BCUT2D eigenvalue weighted by atomic mass is 32.2. The van der Waals surface area contributed by atoms with Gasteiger partial charge in [-0.15, -0.1) is 0 Å². The van der Waals surface area contributed by atoms with Crippen LogP contribution < -0.4 is 14.4 Å². The van der Waals surface area contributed by atoms with Crippen LogP contribution in [-0.2, 0) is 14.8 Å². The standard InChI is InChI=1S/C15H22N2O4S/c1-10(2)8-16-15(18)14-9-17(22(4,19)20)12-7-11(3)5-6-13(12)21-14/h5-7,10,14H,8-9H2,1-4H3,(H,16,18). The van der Waals surface area contributed by atoms with Gasteiger partial charge >= 0.3 is 0 Å². The zero-order valence-electron chi connectivity index (χ0n) is 13.3.